The van der Waals surface area contributed by atoms with E-state index in [1.54, 1.807) is 0 Å². The molecule has 1 nitrogen and oxygen atoms in total. The van der Waals surface area contributed by atoms with Crippen LogP contribution in [0.1, 0.15) is 47.0 Å². The van der Waals surface area contributed by atoms with E-state index in [9.17, 15) is 4.79 Å². The van der Waals surface area contributed by atoms with Gasteiger partial charge in [-0.1, -0.05) is 63.1 Å². The van der Waals surface area contributed by atoms with Crippen LogP contribution in [0.25, 0.3) is 0 Å². The second-order valence-corrected chi connectivity index (χ2v) is 12.2. The van der Waals surface area contributed by atoms with Gasteiger partial charge in [0.1, 0.15) is 13.5 Å². The molecule has 16 heavy (non-hydrogen) atoms. The number of hydrogen-bond donors (Lipinski definition) is 0. The van der Waals surface area contributed by atoms with Crippen LogP contribution < -0.4 is 0 Å². The van der Waals surface area contributed by atoms with Gasteiger partial charge in [-0.25, -0.2) is 0 Å². The smallest absolute Gasteiger partial charge is 0.137 e. The molecule has 0 saturated carbocycles. The molecule has 0 fully saturated rings. The Kier molecular flexibility index (Phi) is 6.19. The van der Waals surface area contributed by atoms with E-state index in [0.29, 0.717) is 5.41 Å². The molecule has 0 N–H and O–H groups in total. The second kappa shape index (κ2) is 6.15. The second-order valence-electron chi connectivity index (χ2n) is 5.93. The summed E-state index contributed by atoms with van der Waals surface area (Å²) in [6.07, 6.45) is 5.11. The van der Waals surface area contributed by atoms with Crippen molar-refractivity contribution in [2.75, 3.05) is 0 Å². The standard InChI is InChI=1S/C13H25BrOSi/c1-7-8-9-11(14)10-12(15)16(5,6)13(2,3)4/h10H,7-9H2,1-6H3/b11-10-. The van der Waals surface area contributed by atoms with E-state index in [4.69, 9.17) is 0 Å². The average molecular weight is 305 g/mol. The van der Waals surface area contributed by atoms with Crippen LogP contribution in [0, 0.1) is 0 Å². The van der Waals surface area contributed by atoms with E-state index >= 15 is 0 Å². The van der Waals surface area contributed by atoms with Crippen LogP contribution in [-0.2, 0) is 4.79 Å². The van der Waals surface area contributed by atoms with Crippen molar-refractivity contribution in [3.63, 3.8) is 0 Å². The van der Waals surface area contributed by atoms with Crippen molar-refractivity contribution in [2.45, 2.75) is 65.1 Å². The van der Waals surface area contributed by atoms with Gasteiger partial charge >= 0.3 is 0 Å². The Hall–Kier alpha value is 0.107. The molecular formula is C13H25BrOSi. The first-order chi connectivity index (χ1) is 7.13. The molecule has 0 spiro atoms. The minimum absolute atomic E-state index is 0.124. The molecule has 94 valence electrons. The van der Waals surface area contributed by atoms with Gasteiger partial charge in [0.25, 0.3) is 0 Å². The first kappa shape index (κ1) is 16.1. The van der Waals surface area contributed by atoms with Crippen LogP contribution in [-0.4, -0.2) is 13.5 Å². The zero-order valence-corrected chi connectivity index (χ0v) is 14.1. The lowest BCUT2D eigenvalue weighted by Crippen LogP contribution is -2.45. The van der Waals surface area contributed by atoms with Gasteiger partial charge in [0, 0.05) is 0 Å². The summed E-state index contributed by atoms with van der Waals surface area (Å²) < 4.78 is 1.06. The molecule has 0 aromatic heterocycles. The number of unbranched alkanes of at least 4 members (excludes halogenated alkanes) is 1. The van der Waals surface area contributed by atoms with Gasteiger partial charge in [-0.15, -0.1) is 0 Å². The van der Waals surface area contributed by atoms with E-state index in [0.717, 1.165) is 23.7 Å². The van der Waals surface area contributed by atoms with Gasteiger partial charge in [-0.3, -0.25) is 0 Å². The molecule has 0 heterocycles. The monoisotopic (exact) mass is 304 g/mol. The molecule has 0 aliphatic rings. The maximum Gasteiger partial charge on any atom is 0.137 e. The summed E-state index contributed by atoms with van der Waals surface area (Å²) in [5.41, 5.74) is 0. The molecule has 0 bridgehead atoms. The molecule has 0 aromatic rings. The van der Waals surface area contributed by atoms with Gasteiger partial charge in [0.05, 0.1) is 0 Å². The topological polar surface area (TPSA) is 17.1 Å². The third kappa shape index (κ3) is 4.54. The van der Waals surface area contributed by atoms with Gasteiger partial charge in [0.15, 0.2) is 0 Å². The highest BCUT2D eigenvalue weighted by Gasteiger charge is 2.40. The van der Waals surface area contributed by atoms with E-state index in [1.807, 2.05) is 6.08 Å². The Morgan fingerprint density at radius 3 is 2.19 bits per heavy atom. The van der Waals surface area contributed by atoms with Crippen LogP contribution in [0.3, 0.4) is 0 Å². The zero-order valence-electron chi connectivity index (χ0n) is 11.5. The van der Waals surface area contributed by atoms with Crippen LogP contribution >= 0.6 is 15.9 Å². The Morgan fingerprint density at radius 2 is 1.81 bits per heavy atom. The highest BCUT2D eigenvalue weighted by Crippen LogP contribution is 2.37. The van der Waals surface area contributed by atoms with Gasteiger partial charge in [-0.2, -0.15) is 0 Å². The fraction of sp³-hybridized carbons (Fsp3) is 0.769. The third-order valence-corrected chi connectivity index (χ3v) is 9.30. The third-order valence-electron chi connectivity index (χ3n) is 3.55. The molecule has 0 atom stereocenters. The highest BCUT2D eigenvalue weighted by atomic mass is 79.9. The van der Waals surface area contributed by atoms with Gasteiger partial charge in [-0.05, 0) is 28.4 Å². The average Bonchev–Trinajstić information content (AvgIpc) is 2.12. The summed E-state index contributed by atoms with van der Waals surface area (Å²) in [6, 6.07) is 0. The van der Waals surface area contributed by atoms with E-state index in [2.05, 4.69) is 56.7 Å². The molecule has 0 aliphatic heterocycles. The minimum Gasteiger partial charge on any atom is -0.301 e. The lowest BCUT2D eigenvalue weighted by molar-refractivity contribution is -0.108. The lowest BCUT2D eigenvalue weighted by Gasteiger charge is -2.34. The molecule has 0 aliphatic carbocycles. The predicted octanol–water partition coefficient (Wildman–Crippen LogP) is 5.07. The summed E-state index contributed by atoms with van der Waals surface area (Å²) in [5, 5.41) is 0.474. The fourth-order valence-corrected chi connectivity index (χ4v) is 3.08. The van der Waals surface area contributed by atoms with E-state index in [1.165, 1.54) is 0 Å². The van der Waals surface area contributed by atoms with Crippen molar-refractivity contribution in [2.24, 2.45) is 0 Å². The van der Waals surface area contributed by atoms with E-state index < -0.39 is 8.07 Å². The lowest BCUT2D eigenvalue weighted by atomic mass is 10.2. The summed E-state index contributed by atoms with van der Waals surface area (Å²) in [7, 11) is -1.86. The predicted molar refractivity (Wildman–Crippen MR) is 78.7 cm³/mol. The molecule has 0 rings (SSSR count). The largest absolute Gasteiger partial charge is 0.301 e. The quantitative estimate of drug-likeness (QED) is 0.512. The minimum atomic E-state index is -1.86. The van der Waals surface area contributed by atoms with Crippen molar-refractivity contribution in [1.82, 2.24) is 0 Å². The molecule has 0 unspecified atom stereocenters. The van der Waals surface area contributed by atoms with Crippen LogP contribution in [0.4, 0.5) is 0 Å². The normalized spacial score (nSPS) is 14.1. The zero-order chi connectivity index (χ0) is 13.0. The van der Waals surface area contributed by atoms with Crippen LogP contribution in [0.5, 0.6) is 0 Å². The molecule has 0 radical (unpaired) electrons. The van der Waals surface area contributed by atoms with Gasteiger partial charge < -0.3 is 4.79 Å². The molecule has 3 heteroatoms. The Labute approximate surface area is 110 Å². The van der Waals surface area contributed by atoms with Crippen molar-refractivity contribution in [3.8, 4) is 0 Å². The number of carbonyl (C=O) groups is 1. The van der Waals surface area contributed by atoms with Crippen LogP contribution in [0.2, 0.25) is 18.1 Å². The van der Waals surface area contributed by atoms with Crippen molar-refractivity contribution in [3.05, 3.63) is 10.6 Å². The number of hydrogen-bond acceptors (Lipinski definition) is 1. The maximum absolute atomic E-state index is 12.2. The fourth-order valence-electron chi connectivity index (χ4n) is 1.11. The summed E-state index contributed by atoms with van der Waals surface area (Å²) in [6.45, 7) is 13.0. The Bertz CT molecular complexity index is 274. The van der Waals surface area contributed by atoms with Crippen molar-refractivity contribution >= 4 is 29.4 Å². The number of rotatable bonds is 5. The number of carbonyl (C=O) groups excluding carboxylic acids is 1. The summed E-state index contributed by atoms with van der Waals surface area (Å²) in [4.78, 5) is 12.2. The molecule has 0 saturated heterocycles. The number of halogens is 1. The van der Waals surface area contributed by atoms with Crippen molar-refractivity contribution in [1.29, 1.82) is 0 Å². The molecular weight excluding hydrogens is 280 g/mol. The highest BCUT2D eigenvalue weighted by molar-refractivity contribution is 9.11. The SMILES string of the molecule is CCCC/C(Br)=C/C(=O)[Si](C)(C)C(C)(C)C. The Morgan fingerprint density at radius 1 is 1.31 bits per heavy atom. The number of allylic oxidation sites excluding steroid dienone is 2. The molecule has 0 aromatic carbocycles. The maximum atomic E-state index is 12.2. The van der Waals surface area contributed by atoms with E-state index in [-0.39, 0.29) is 5.04 Å². The molecule has 0 amide bonds. The van der Waals surface area contributed by atoms with Gasteiger partial charge in [0.2, 0.25) is 0 Å². The Balaban J connectivity index is 4.69. The first-order valence-electron chi connectivity index (χ1n) is 6.03. The van der Waals surface area contributed by atoms with Crippen molar-refractivity contribution < 1.29 is 4.79 Å². The summed E-state index contributed by atoms with van der Waals surface area (Å²) in [5.74, 6) is 0. The van der Waals surface area contributed by atoms with Crippen LogP contribution in [0.15, 0.2) is 10.6 Å². The first-order valence-corrected chi connectivity index (χ1v) is 9.82. The summed E-state index contributed by atoms with van der Waals surface area (Å²) >= 11 is 3.50.